The maximum absolute atomic E-state index is 12.4. The van der Waals surface area contributed by atoms with Crippen LogP contribution in [-0.4, -0.2) is 17.1 Å². The second-order valence-corrected chi connectivity index (χ2v) is 5.00. The SMILES string of the molecule is CCOc1ccccc1NC(=O)C(C)n1cccc(C)c1=O. The van der Waals surface area contributed by atoms with Gasteiger partial charge in [0.25, 0.3) is 5.56 Å². The molecule has 22 heavy (non-hydrogen) atoms. The molecule has 0 saturated heterocycles. The number of aryl methyl sites for hydroxylation is 1. The molecule has 0 bridgehead atoms. The predicted octanol–water partition coefficient (Wildman–Crippen LogP) is 2.76. The van der Waals surface area contributed by atoms with Crippen LogP contribution in [0.1, 0.15) is 25.5 Å². The van der Waals surface area contributed by atoms with Crippen LogP contribution in [0.2, 0.25) is 0 Å². The van der Waals surface area contributed by atoms with E-state index in [2.05, 4.69) is 5.32 Å². The monoisotopic (exact) mass is 300 g/mol. The number of amides is 1. The first-order valence-electron chi connectivity index (χ1n) is 7.25. The van der Waals surface area contributed by atoms with E-state index >= 15 is 0 Å². The summed E-state index contributed by atoms with van der Waals surface area (Å²) in [5.74, 6) is 0.349. The van der Waals surface area contributed by atoms with Crippen molar-refractivity contribution < 1.29 is 9.53 Å². The van der Waals surface area contributed by atoms with E-state index in [-0.39, 0.29) is 11.5 Å². The van der Waals surface area contributed by atoms with Gasteiger partial charge >= 0.3 is 0 Å². The molecular formula is C17H20N2O3. The fraction of sp³-hybridized carbons (Fsp3) is 0.294. The number of pyridine rings is 1. The molecule has 1 aromatic heterocycles. The van der Waals surface area contributed by atoms with E-state index in [1.54, 1.807) is 44.3 Å². The van der Waals surface area contributed by atoms with Gasteiger partial charge in [-0.2, -0.15) is 0 Å². The minimum atomic E-state index is -0.609. The summed E-state index contributed by atoms with van der Waals surface area (Å²) in [5.41, 5.74) is 1.04. The van der Waals surface area contributed by atoms with E-state index in [9.17, 15) is 9.59 Å². The molecule has 2 aromatic rings. The van der Waals surface area contributed by atoms with Crippen molar-refractivity contribution in [2.24, 2.45) is 0 Å². The zero-order valence-electron chi connectivity index (χ0n) is 13.0. The van der Waals surface area contributed by atoms with Crippen molar-refractivity contribution in [1.82, 2.24) is 4.57 Å². The van der Waals surface area contributed by atoms with Gasteiger partial charge in [0.05, 0.1) is 12.3 Å². The van der Waals surface area contributed by atoms with Gasteiger partial charge in [-0.3, -0.25) is 9.59 Å². The first-order chi connectivity index (χ1) is 10.5. The molecule has 0 aliphatic carbocycles. The van der Waals surface area contributed by atoms with Crippen LogP contribution in [0.5, 0.6) is 5.75 Å². The molecule has 1 heterocycles. The number of carbonyl (C=O) groups is 1. The Morgan fingerprint density at radius 2 is 2.00 bits per heavy atom. The third-order valence-corrected chi connectivity index (χ3v) is 3.41. The number of ether oxygens (including phenoxy) is 1. The number of para-hydroxylation sites is 2. The lowest BCUT2D eigenvalue weighted by Crippen LogP contribution is -2.32. The van der Waals surface area contributed by atoms with Crippen LogP contribution in [0.15, 0.2) is 47.4 Å². The highest BCUT2D eigenvalue weighted by atomic mass is 16.5. The summed E-state index contributed by atoms with van der Waals surface area (Å²) < 4.78 is 6.91. The molecule has 1 aromatic carbocycles. The van der Waals surface area contributed by atoms with Gasteiger partial charge in [0, 0.05) is 11.8 Å². The Bertz CT molecular complexity index is 722. The Hall–Kier alpha value is -2.56. The number of anilines is 1. The van der Waals surface area contributed by atoms with E-state index in [0.717, 1.165) is 0 Å². The highest BCUT2D eigenvalue weighted by Crippen LogP contribution is 2.24. The van der Waals surface area contributed by atoms with Gasteiger partial charge in [-0.05, 0) is 39.0 Å². The molecule has 2 rings (SSSR count). The molecule has 0 fully saturated rings. The Balaban J connectivity index is 2.22. The fourth-order valence-electron chi connectivity index (χ4n) is 2.14. The van der Waals surface area contributed by atoms with E-state index in [1.807, 2.05) is 19.1 Å². The van der Waals surface area contributed by atoms with Crippen LogP contribution < -0.4 is 15.6 Å². The molecule has 1 atom stereocenters. The Morgan fingerprint density at radius 3 is 2.73 bits per heavy atom. The predicted molar refractivity (Wildman–Crippen MR) is 86.4 cm³/mol. The summed E-state index contributed by atoms with van der Waals surface area (Å²) in [4.78, 5) is 24.5. The van der Waals surface area contributed by atoms with Crippen LogP contribution in [0.3, 0.4) is 0 Å². The van der Waals surface area contributed by atoms with Gasteiger partial charge in [0.1, 0.15) is 11.8 Å². The maximum atomic E-state index is 12.4. The smallest absolute Gasteiger partial charge is 0.254 e. The van der Waals surface area contributed by atoms with Crippen molar-refractivity contribution in [3.63, 3.8) is 0 Å². The summed E-state index contributed by atoms with van der Waals surface area (Å²) >= 11 is 0. The third-order valence-electron chi connectivity index (χ3n) is 3.41. The highest BCUT2D eigenvalue weighted by molar-refractivity contribution is 5.94. The van der Waals surface area contributed by atoms with Crippen molar-refractivity contribution in [3.8, 4) is 5.75 Å². The number of benzene rings is 1. The molecule has 1 amide bonds. The van der Waals surface area contributed by atoms with Crippen LogP contribution in [0, 0.1) is 6.92 Å². The number of carbonyl (C=O) groups excluding carboxylic acids is 1. The van der Waals surface area contributed by atoms with Gasteiger partial charge < -0.3 is 14.6 Å². The van der Waals surface area contributed by atoms with Crippen LogP contribution in [0.25, 0.3) is 0 Å². The number of aromatic nitrogens is 1. The average Bonchev–Trinajstić information content (AvgIpc) is 2.51. The lowest BCUT2D eigenvalue weighted by Gasteiger charge is -2.17. The normalized spacial score (nSPS) is 11.8. The second kappa shape index (κ2) is 6.93. The fourth-order valence-corrected chi connectivity index (χ4v) is 2.14. The highest BCUT2D eigenvalue weighted by Gasteiger charge is 2.17. The van der Waals surface area contributed by atoms with Crippen molar-refractivity contribution in [1.29, 1.82) is 0 Å². The van der Waals surface area contributed by atoms with Crippen molar-refractivity contribution >= 4 is 11.6 Å². The quantitative estimate of drug-likeness (QED) is 0.923. The number of hydrogen-bond donors (Lipinski definition) is 1. The molecule has 0 radical (unpaired) electrons. The van der Waals surface area contributed by atoms with Gasteiger partial charge in [-0.25, -0.2) is 0 Å². The zero-order valence-corrected chi connectivity index (χ0v) is 13.0. The van der Waals surface area contributed by atoms with Crippen LogP contribution in [-0.2, 0) is 4.79 Å². The van der Waals surface area contributed by atoms with Crippen molar-refractivity contribution in [3.05, 3.63) is 58.5 Å². The standard InChI is InChI=1S/C17H20N2O3/c1-4-22-15-10-6-5-9-14(15)18-16(20)13(3)19-11-7-8-12(2)17(19)21/h5-11,13H,4H2,1-3H3,(H,18,20). The van der Waals surface area contributed by atoms with E-state index in [4.69, 9.17) is 4.74 Å². The molecule has 0 spiro atoms. The second-order valence-electron chi connectivity index (χ2n) is 5.00. The van der Waals surface area contributed by atoms with Gasteiger partial charge in [-0.15, -0.1) is 0 Å². The molecule has 116 valence electrons. The number of nitrogens with zero attached hydrogens (tertiary/aromatic N) is 1. The molecule has 5 heteroatoms. The summed E-state index contributed by atoms with van der Waals surface area (Å²) in [7, 11) is 0. The minimum Gasteiger partial charge on any atom is -0.492 e. The lowest BCUT2D eigenvalue weighted by atomic mass is 10.2. The van der Waals surface area contributed by atoms with Gasteiger partial charge in [-0.1, -0.05) is 18.2 Å². The Morgan fingerprint density at radius 1 is 1.27 bits per heavy atom. The summed E-state index contributed by atoms with van der Waals surface area (Å²) in [5, 5.41) is 2.82. The van der Waals surface area contributed by atoms with Crippen molar-refractivity contribution in [2.45, 2.75) is 26.8 Å². The molecule has 1 N–H and O–H groups in total. The first kappa shape index (κ1) is 15.8. The van der Waals surface area contributed by atoms with Crippen LogP contribution in [0.4, 0.5) is 5.69 Å². The molecule has 0 saturated carbocycles. The Labute approximate surface area is 129 Å². The zero-order chi connectivity index (χ0) is 16.1. The number of hydrogen-bond acceptors (Lipinski definition) is 3. The molecule has 5 nitrogen and oxygen atoms in total. The molecule has 0 aliphatic rings. The summed E-state index contributed by atoms with van der Waals surface area (Å²) in [6.45, 7) is 5.82. The van der Waals surface area contributed by atoms with Crippen LogP contribution >= 0.6 is 0 Å². The summed E-state index contributed by atoms with van der Waals surface area (Å²) in [6.07, 6.45) is 1.62. The summed E-state index contributed by atoms with van der Waals surface area (Å²) in [6, 6.07) is 10.1. The Kier molecular flexibility index (Phi) is 4.99. The topological polar surface area (TPSA) is 60.3 Å². The maximum Gasteiger partial charge on any atom is 0.254 e. The largest absolute Gasteiger partial charge is 0.492 e. The van der Waals surface area contributed by atoms with Gasteiger partial charge in [0.2, 0.25) is 5.91 Å². The molecular weight excluding hydrogens is 280 g/mol. The number of rotatable bonds is 5. The third kappa shape index (κ3) is 3.36. The van der Waals surface area contributed by atoms with Gasteiger partial charge in [0.15, 0.2) is 0 Å². The van der Waals surface area contributed by atoms with Crippen molar-refractivity contribution in [2.75, 3.05) is 11.9 Å². The molecule has 0 aliphatic heterocycles. The van der Waals surface area contributed by atoms with E-state index in [1.165, 1.54) is 4.57 Å². The van der Waals surface area contributed by atoms with E-state index in [0.29, 0.717) is 23.6 Å². The molecule has 1 unspecified atom stereocenters. The number of nitrogens with one attached hydrogen (secondary N) is 1. The average molecular weight is 300 g/mol. The minimum absolute atomic E-state index is 0.164. The van der Waals surface area contributed by atoms with E-state index < -0.39 is 6.04 Å². The lowest BCUT2D eigenvalue weighted by molar-refractivity contribution is -0.118. The first-order valence-corrected chi connectivity index (χ1v) is 7.25.